The van der Waals surface area contributed by atoms with Crippen molar-refractivity contribution in [3.8, 4) is 0 Å². The van der Waals surface area contributed by atoms with Gasteiger partial charge in [-0.15, -0.1) is 0 Å². The van der Waals surface area contributed by atoms with Crippen molar-refractivity contribution in [3.63, 3.8) is 0 Å². The molecule has 266 valence electrons. The number of carboxylic acids is 2. The molecule has 10 heteroatoms. The van der Waals surface area contributed by atoms with Crippen LogP contribution in [0.4, 0.5) is 0 Å². The van der Waals surface area contributed by atoms with Crippen molar-refractivity contribution in [2.75, 3.05) is 23.0 Å². The molecule has 0 amide bonds. The molecular formula is C38H54O6S4. The summed E-state index contributed by atoms with van der Waals surface area (Å²) in [6, 6.07) is 12.6. The standard InChI is InChI=1S/C38H54O6S4/c1-3-5-7-9-11-15-33(35(39)29-17-21-31(22-18-29)37(41)42)45-25-13-27-47-48-28-14-26-46-34(16-12-10-8-6-4-2)36(40)30-19-23-32(24-20-30)38(43)44/h17-24,33-34H,3-16,25-28H2,1-2H3,(H,41,42)(H,43,44). The van der Waals surface area contributed by atoms with Gasteiger partial charge in [0.25, 0.3) is 0 Å². The second-order valence-electron chi connectivity index (χ2n) is 12.0. The average molecular weight is 735 g/mol. The maximum absolute atomic E-state index is 13.3. The Bertz CT molecular complexity index is 1120. The number of rotatable bonds is 29. The van der Waals surface area contributed by atoms with Crippen molar-refractivity contribution >= 4 is 68.6 Å². The van der Waals surface area contributed by atoms with Crippen molar-refractivity contribution in [1.29, 1.82) is 0 Å². The van der Waals surface area contributed by atoms with Gasteiger partial charge in [-0.3, -0.25) is 9.59 Å². The van der Waals surface area contributed by atoms with Gasteiger partial charge in [0.2, 0.25) is 0 Å². The van der Waals surface area contributed by atoms with Crippen LogP contribution in [0.15, 0.2) is 48.5 Å². The van der Waals surface area contributed by atoms with Gasteiger partial charge in [0.1, 0.15) is 0 Å². The first-order valence-corrected chi connectivity index (χ1v) is 22.1. The van der Waals surface area contributed by atoms with E-state index in [0.29, 0.717) is 11.1 Å². The summed E-state index contributed by atoms with van der Waals surface area (Å²) < 4.78 is 0. The monoisotopic (exact) mass is 734 g/mol. The van der Waals surface area contributed by atoms with E-state index in [4.69, 9.17) is 0 Å². The Labute approximate surface area is 304 Å². The minimum absolute atomic E-state index is 0.0991. The van der Waals surface area contributed by atoms with Gasteiger partial charge < -0.3 is 10.2 Å². The van der Waals surface area contributed by atoms with E-state index in [1.165, 1.54) is 62.8 Å². The van der Waals surface area contributed by atoms with E-state index in [1.54, 1.807) is 47.8 Å². The molecule has 0 fully saturated rings. The van der Waals surface area contributed by atoms with Crippen LogP contribution in [-0.2, 0) is 0 Å². The van der Waals surface area contributed by atoms with Crippen LogP contribution in [0, 0.1) is 0 Å². The molecule has 2 aromatic carbocycles. The maximum atomic E-state index is 13.3. The van der Waals surface area contributed by atoms with Crippen LogP contribution in [0.1, 0.15) is 145 Å². The predicted octanol–water partition coefficient (Wildman–Crippen LogP) is 11.2. The normalized spacial score (nSPS) is 12.5. The van der Waals surface area contributed by atoms with Gasteiger partial charge in [-0.05, 0) is 61.5 Å². The topological polar surface area (TPSA) is 109 Å². The molecule has 2 atom stereocenters. The van der Waals surface area contributed by atoms with Crippen molar-refractivity contribution in [2.24, 2.45) is 0 Å². The Morgan fingerprint density at radius 3 is 1.15 bits per heavy atom. The van der Waals surface area contributed by atoms with Crippen molar-refractivity contribution < 1.29 is 29.4 Å². The van der Waals surface area contributed by atoms with Crippen molar-refractivity contribution in [2.45, 2.75) is 114 Å². The molecule has 0 aliphatic carbocycles. The van der Waals surface area contributed by atoms with Gasteiger partial charge in [0, 0.05) is 22.6 Å². The van der Waals surface area contributed by atoms with Crippen LogP contribution < -0.4 is 0 Å². The minimum Gasteiger partial charge on any atom is -0.478 e. The predicted molar refractivity (Wildman–Crippen MR) is 209 cm³/mol. The summed E-state index contributed by atoms with van der Waals surface area (Å²) in [6.45, 7) is 4.39. The first kappa shape index (κ1) is 42.3. The fraction of sp³-hybridized carbons (Fsp3) is 0.579. The summed E-state index contributed by atoms with van der Waals surface area (Å²) >= 11 is 3.47. The van der Waals surface area contributed by atoms with Gasteiger partial charge in [0.05, 0.1) is 21.6 Å². The Morgan fingerprint density at radius 2 is 0.812 bits per heavy atom. The number of aromatic carboxylic acids is 2. The van der Waals surface area contributed by atoms with E-state index in [-0.39, 0.29) is 33.2 Å². The van der Waals surface area contributed by atoms with Crippen LogP contribution in [-0.4, -0.2) is 67.2 Å². The summed E-state index contributed by atoms with van der Waals surface area (Å²) in [5.74, 6) is 2.08. The van der Waals surface area contributed by atoms with Crippen LogP contribution in [0.2, 0.25) is 0 Å². The highest BCUT2D eigenvalue weighted by Gasteiger charge is 2.22. The molecule has 0 saturated heterocycles. The zero-order valence-electron chi connectivity index (χ0n) is 28.7. The molecule has 0 aromatic heterocycles. The third-order valence-corrected chi connectivity index (χ3v) is 13.4. The summed E-state index contributed by atoms with van der Waals surface area (Å²) in [5, 5.41) is 18.2. The zero-order chi connectivity index (χ0) is 35.0. The molecule has 0 aliphatic heterocycles. The number of carboxylic acid groups (broad SMARTS) is 2. The highest BCUT2D eigenvalue weighted by atomic mass is 33.1. The molecule has 0 bridgehead atoms. The lowest BCUT2D eigenvalue weighted by Crippen LogP contribution is -2.18. The van der Waals surface area contributed by atoms with Gasteiger partial charge in [-0.1, -0.05) is 124 Å². The summed E-state index contributed by atoms with van der Waals surface area (Å²) in [4.78, 5) is 49.0. The fourth-order valence-electron chi connectivity index (χ4n) is 5.18. The lowest BCUT2D eigenvalue weighted by molar-refractivity contribution is 0.0686. The molecule has 2 N–H and O–H groups in total. The largest absolute Gasteiger partial charge is 0.478 e. The summed E-state index contributed by atoms with van der Waals surface area (Å²) in [5.41, 5.74) is 1.56. The Morgan fingerprint density at radius 1 is 0.479 bits per heavy atom. The highest BCUT2D eigenvalue weighted by Crippen LogP contribution is 2.29. The van der Waals surface area contributed by atoms with Crippen LogP contribution in [0.3, 0.4) is 0 Å². The number of carbonyl (C=O) groups excluding carboxylic acids is 2. The molecule has 0 saturated carbocycles. The number of benzene rings is 2. The van der Waals surface area contributed by atoms with E-state index < -0.39 is 11.9 Å². The van der Waals surface area contributed by atoms with E-state index in [1.807, 2.05) is 21.6 Å². The van der Waals surface area contributed by atoms with Crippen LogP contribution in [0.5, 0.6) is 0 Å². The smallest absolute Gasteiger partial charge is 0.335 e. The molecule has 0 aliphatic rings. The highest BCUT2D eigenvalue weighted by molar-refractivity contribution is 8.76. The van der Waals surface area contributed by atoms with E-state index in [2.05, 4.69) is 13.8 Å². The van der Waals surface area contributed by atoms with Gasteiger partial charge >= 0.3 is 11.9 Å². The molecule has 2 aromatic rings. The molecule has 0 heterocycles. The lowest BCUT2D eigenvalue weighted by atomic mass is 10.0. The Balaban J connectivity index is 1.73. The maximum Gasteiger partial charge on any atom is 0.335 e. The zero-order valence-corrected chi connectivity index (χ0v) is 31.9. The average Bonchev–Trinajstić information content (AvgIpc) is 3.09. The molecule has 0 spiro atoms. The number of ketones is 2. The first-order chi connectivity index (χ1) is 23.3. The van der Waals surface area contributed by atoms with E-state index in [9.17, 15) is 29.4 Å². The summed E-state index contributed by atoms with van der Waals surface area (Å²) in [6.07, 6.45) is 15.3. The van der Waals surface area contributed by atoms with Crippen LogP contribution in [0.25, 0.3) is 0 Å². The number of unbranched alkanes of at least 4 members (excludes halogenated alkanes) is 8. The molecule has 2 unspecified atom stereocenters. The lowest BCUT2D eigenvalue weighted by Gasteiger charge is -2.16. The molecule has 6 nitrogen and oxygen atoms in total. The fourth-order valence-corrected chi connectivity index (χ4v) is 10.1. The second-order valence-corrected chi connectivity index (χ2v) is 17.3. The number of Topliss-reactive ketones (excluding diaryl/α,β-unsaturated/α-hetero) is 2. The Hall–Kier alpha value is -1.88. The summed E-state index contributed by atoms with van der Waals surface area (Å²) in [7, 11) is 3.73. The number of thioether (sulfide) groups is 2. The third kappa shape index (κ3) is 17.2. The third-order valence-electron chi connectivity index (χ3n) is 8.02. The molecule has 0 radical (unpaired) electrons. The van der Waals surface area contributed by atoms with Crippen molar-refractivity contribution in [3.05, 3.63) is 70.8 Å². The minimum atomic E-state index is -0.987. The van der Waals surface area contributed by atoms with Gasteiger partial charge in [0.15, 0.2) is 11.6 Å². The Kier molecular flexibility index (Phi) is 22.9. The SMILES string of the molecule is CCCCCCCC(SCCCSSCCCSC(CCCCCCC)C(=O)c1ccc(C(=O)O)cc1)C(=O)c1ccc(C(=O)O)cc1. The number of carbonyl (C=O) groups is 4. The van der Waals surface area contributed by atoms with Gasteiger partial charge in [-0.2, -0.15) is 23.5 Å². The molecular weight excluding hydrogens is 681 g/mol. The van der Waals surface area contributed by atoms with Crippen LogP contribution >= 0.6 is 45.1 Å². The van der Waals surface area contributed by atoms with E-state index >= 15 is 0 Å². The van der Waals surface area contributed by atoms with Gasteiger partial charge in [-0.25, -0.2) is 9.59 Å². The van der Waals surface area contributed by atoms with E-state index in [0.717, 1.165) is 74.4 Å². The van der Waals surface area contributed by atoms with Crippen molar-refractivity contribution in [1.82, 2.24) is 0 Å². The first-order valence-electron chi connectivity index (χ1n) is 17.5. The number of hydrogen-bond donors (Lipinski definition) is 2. The number of hydrogen-bond acceptors (Lipinski definition) is 8. The quantitative estimate of drug-likeness (QED) is 0.0476. The molecule has 2 rings (SSSR count). The molecule has 48 heavy (non-hydrogen) atoms. The second kappa shape index (κ2) is 26.0.